The van der Waals surface area contributed by atoms with Crippen LogP contribution in [0.1, 0.15) is 30.3 Å². The fraction of sp³-hybridized carbons (Fsp3) is 0.292. The minimum atomic E-state index is -0.775. The maximum Gasteiger partial charge on any atom is 0.347 e. The number of rotatable bonds is 8. The van der Waals surface area contributed by atoms with E-state index in [0.717, 1.165) is 16.9 Å². The van der Waals surface area contributed by atoms with Gasteiger partial charge in [0.2, 0.25) is 0 Å². The summed E-state index contributed by atoms with van der Waals surface area (Å²) in [5.74, 6) is -0.437. The molecule has 7 nitrogen and oxygen atoms in total. The molecule has 0 fully saturated rings. The molecule has 1 amide bonds. The first-order chi connectivity index (χ1) is 14.9. The smallest absolute Gasteiger partial charge is 0.347 e. The summed E-state index contributed by atoms with van der Waals surface area (Å²) >= 11 is 0. The maximum absolute atomic E-state index is 12.4. The minimum absolute atomic E-state index is 0.401. The summed E-state index contributed by atoms with van der Waals surface area (Å²) < 4.78 is 12.6. The average Bonchev–Trinajstić information content (AvgIpc) is 3.05. The van der Waals surface area contributed by atoms with Gasteiger partial charge in [0.05, 0.1) is 22.8 Å². The van der Waals surface area contributed by atoms with E-state index in [9.17, 15) is 9.59 Å². The normalized spacial score (nSPS) is 11.6. The number of nitrogens with one attached hydrogen (secondary N) is 1. The second-order valence-electron chi connectivity index (χ2n) is 7.28. The molecule has 0 aliphatic heterocycles. The van der Waals surface area contributed by atoms with E-state index in [-0.39, 0.29) is 0 Å². The first kappa shape index (κ1) is 22.1. The quantitative estimate of drug-likeness (QED) is 0.553. The Morgan fingerprint density at radius 3 is 2.35 bits per heavy atom. The number of para-hydroxylation sites is 1. The Balaban J connectivity index is 1.60. The van der Waals surface area contributed by atoms with E-state index in [1.54, 1.807) is 16.8 Å². The van der Waals surface area contributed by atoms with Crippen LogP contribution in [-0.4, -0.2) is 34.4 Å². The van der Waals surface area contributed by atoms with Crippen LogP contribution < -0.4 is 10.1 Å². The number of amides is 1. The van der Waals surface area contributed by atoms with Crippen LogP contribution in [0, 0.1) is 20.8 Å². The molecule has 0 spiro atoms. The van der Waals surface area contributed by atoms with Crippen molar-refractivity contribution in [3.05, 3.63) is 71.5 Å². The van der Waals surface area contributed by atoms with E-state index in [4.69, 9.17) is 9.47 Å². The van der Waals surface area contributed by atoms with Gasteiger partial charge in [-0.15, -0.1) is 0 Å². The van der Waals surface area contributed by atoms with Gasteiger partial charge in [-0.05, 0) is 51.5 Å². The van der Waals surface area contributed by atoms with Crippen LogP contribution in [0.5, 0.6) is 5.75 Å². The van der Waals surface area contributed by atoms with Crippen molar-refractivity contribution in [3.8, 4) is 11.4 Å². The predicted octanol–water partition coefficient (Wildman–Crippen LogP) is 4.14. The van der Waals surface area contributed by atoms with E-state index >= 15 is 0 Å². The molecule has 1 atom stereocenters. The number of benzene rings is 2. The fourth-order valence-electron chi connectivity index (χ4n) is 3.13. The molecule has 0 saturated carbocycles. The molecule has 0 unspecified atom stereocenters. The SMILES string of the molecule is CC[C@@H](Oc1ccccc1)C(=O)OCC(=O)Nc1c(C)nn(-c2ccc(C)cc2)c1C. The number of aromatic nitrogens is 2. The average molecular weight is 421 g/mol. The van der Waals surface area contributed by atoms with Crippen LogP contribution in [0.2, 0.25) is 0 Å². The standard InChI is InChI=1S/C24H27N3O4/c1-5-21(31-20-9-7-6-8-10-20)24(29)30-15-22(28)25-23-17(3)26-27(18(23)4)19-13-11-16(2)12-14-19/h6-14,21H,5,15H2,1-4H3,(H,25,28)/t21-/m1/s1. The number of hydrogen-bond donors (Lipinski definition) is 1. The van der Waals surface area contributed by atoms with Gasteiger partial charge in [0.1, 0.15) is 5.75 Å². The molecule has 2 aromatic carbocycles. The van der Waals surface area contributed by atoms with Crippen molar-refractivity contribution in [3.63, 3.8) is 0 Å². The topological polar surface area (TPSA) is 82.4 Å². The van der Waals surface area contributed by atoms with Crippen molar-refractivity contribution in [2.45, 2.75) is 40.2 Å². The van der Waals surface area contributed by atoms with Crippen LogP contribution in [-0.2, 0) is 14.3 Å². The van der Waals surface area contributed by atoms with Crippen molar-refractivity contribution in [1.29, 1.82) is 0 Å². The molecule has 162 valence electrons. The Labute approximate surface area is 182 Å². The molecule has 0 saturated heterocycles. The lowest BCUT2D eigenvalue weighted by Gasteiger charge is -2.16. The number of aryl methyl sites for hydroxylation is 2. The Kier molecular flexibility index (Phi) is 7.07. The maximum atomic E-state index is 12.4. The Bertz CT molecular complexity index is 1040. The molecule has 7 heteroatoms. The highest BCUT2D eigenvalue weighted by Gasteiger charge is 2.22. The third-order valence-corrected chi connectivity index (χ3v) is 4.84. The molecule has 1 aromatic heterocycles. The van der Waals surface area contributed by atoms with Crippen LogP contribution in [0.4, 0.5) is 5.69 Å². The zero-order valence-corrected chi connectivity index (χ0v) is 18.2. The van der Waals surface area contributed by atoms with Gasteiger partial charge in [0.25, 0.3) is 5.91 Å². The number of anilines is 1. The molecule has 0 aliphatic carbocycles. The number of carbonyl (C=O) groups is 2. The Morgan fingerprint density at radius 2 is 1.71 bits per heavy atom. The van der Waals surface area contributed by atoms with Gasteiger partial charge in [-0.2, -0.15) is 5.10 Å². The van der Waals surface area contributed by atoms with Crippen LogP contribution in [0.3, 0.4) is 0 Å². The lowest BCUT2D eigenvalue weighted by molar-refractivity contribution is -0.154. The second kappa shape index (κ2) is 9.93. The molecular formula is C24H27N3O4. The van der Waals surface area contributed by atoms with E-state index in [1.807, 2.05) is 70.2 Å². The summed E-state index contributed by atoms with van der Waals surface area (Å²) in [4.78, 5) is 24.8. The van der Waals surface area contributed by atoms with Gasteiger partial charge in [0.15, 0.2) is 12.7 Å². The lowest BCUT2D eigenvalue weighted by atomic mass is 10.2. The predicted molar refractivity (Wildman–Crippen MR) is 119 cm³/mol. The number of carbonyl (C=O) groups excluding carboxylic acids is 2. The monoisotopic (exact) mass is 421 g/mol. The van der Waals surface area contributed by atoms with Gasteiger partial charge >= 0.3 is 5.97 Å². The van der Waals surface area contributed by atoms with Crippen molar-refractivity contribution >= 4 is 17.6 Å². The molecular weight excluding hydrogens is 394 g/mol. The first-order valence-corrected chi connectivity index (χ1v) is 10.2. The van der Waals surface area contributed by atoms with Gasteiger partial charge in [0, 0.05) is 0 Å². The molecule has 0 aliphatic rings. The van der Waals surface area contributed by atoms with Crippen LogP contribution in [0.15, 0.2) is 54.6 Å². The number of esters is 1. The van der Waals surface area contributed by atoms with Crippen LogP contribution >= 0.6 is 0 Å². The zero-order valence-electron chi connectivity index (χ0n) is 18.2. The number of ether oxygens (including phenoxy) is 2. The van der Waals surface area contributed by atoms with Gasteiger partial charge in [-0.1, -0.05) is 42.8 Å². The highest BCUT2D eigenvalue weighted by atomic mass is 16.6. The minimum Gasteiger partial charge on any atom is -0.479 e. The summed E-state index contributed by atoms with van der Waals surface area (Å²) in [5.41, 5.74) is 4.13. The summed E-state index contributed by atoms with van der Waals surface area (Å²) in [5, 5.41) is 7.32. The molecule has 31 heavy (non-hydrogen) atoms. The third-order valence-electron chi connectivity index (χ3n) is 4.84. The van der Waals surface area contributed by atoms with Gasteiger partial charge in [-0.25, -0.2) is 9.48 Å². The molecule has 1 N–H and O–H groups in total. The largest absolute Gasteiger partial charge is 0.479 e. The van der Waals surface area contributed by atoms with Crippen molar-refractivity contribution < 1.29 is 19.1 Å². The van der Waals surface area contributed by atoms with E-state index < -0.39 is 24.6 Å². The highest BCUT2D eigenvalue weighted by Crippen LogP contribution is 2.23. The van der Waals surface area contributed by atoms with Crippen molar-refractivity contribution in [2.75, 3.05) is 11.9 Å². The number of nitrogens with zero attached hydrogens (tertiary/aromatic N) is 2. The first-order valence-electron chi connectivity index (χ1n) is 10.2. The summed E-state index contributed by atoms with van der Waals surface area (Å²) in [6.07, 6.45) is -0.348. The molecule has 0 radical (unpaired) electrons. The van der Waals surface area contributed by atoms with E-state index in [2.05, 4.69) is 10.4 Å². The van der Waals surface area contributed by atoms with E-state index in [0.29, 0.717) is 23.6 Å². The van der Waals surface area contributed by atoms with Crippen LogP contribution in [0.25, 0.3) is 5.69 Å². The zero-order chi connectivity index (χ0) is 22.4. The third kappa shape index (κ3) is 5.51. The van der Waals surface area contributed by atoms with Crippen molar-refractivity contribution in [1.82, 2.24) is 9.78 Å². The van der Waals surface area contributed by atoms with Crippen molar-refractivity contribution in [2.24, 2.45) is 0 Å². The fourth-order valence-corrected chi connectivity index (χ4v) is 3.13. The summed E-state index contributed by atoms with van der Waals surface area (Å²) in [7, 11) is 0. The lowest BCUT2D eigenvalue weighted by Crippen LogP contribution is -2.31. The number of hydrogen-bond acceptors (Lipinski definition) is 5. The second-order valence-corrected chi connectivity index (χ2v) is 7.28. The van der Waals surface area contributed by atoms with Gasteiger partial charge < -0.3 is 14.8 Å². The highest BCUT2D eigenvalue weighted by molar-refractivity contribution is 5.94. The summed E-state index contributed by atoms with van der Waals surface area (Å²) in [6.45, 7) is 7.14. The van der Waals surface area contributed by atoms with Gasteiger partial charge in [-0.3, -0.25) is 4.79 Å². The molecule has 3 rings (SSSR count). The summed E-state index contributed by atoms with van der Waals surface area (Å²) in [6, 6.07) is 17.0. The van der Waals surface area contributed by atoms with E-state index in [1.165, 1.54) is 0 Å². The Morgan fingerprint density at radius 1 is 1.03 bits per heavy atom. The Hall–Kier alpha value is -3.61. The molecule has 1 heterocycles. The molecule has 0 bridgehead atoms. The molecule has 3 aromatic rings.